The molecule has 160 valence electrons. The van der Waals surface area contributed by atoms with Gasteiger partial charge in [0.2, 0.25) is 0 Å². The lowest BCUT2D eigenvalue weighted by molar-refractivity contribution is -0.128. The van der Waals surface area contributed by atoms with Crippen LogP contribution in [0, 0.1) is 5.82 Å². The SMILES string of the molecule is CCCCN1C(=O)[C@@H]2Cc3c([nH]c4cc(F)c(Cl)cc34)C(c3cccc(O)c3)N2C1=O. The first kappa shape index (κ1) is 19.9. The molecule has 3 aromatic rings. The van der Waals surface area contributed by atoms with Crippen molar-refractivity contribution in [2.45, 2.75) is 38.3 Å². The number of nitrogens with zero attached hydrogens (tertiary/aromatic N) is 2. The van der Waals surface area contributed by atoms with Crippen LogP contribution in [0.3, 0.4) is 0 Å². The Balaban J connectivity index is 1.71. The van der Waals surface area contributed by atoms with Gasteiger partial charge in [0.15, 0.2) is 0 Å². The zero-order valence-corrected chi connectivity index (χ0v) is 17.6. The molecule has 31 heavy (non-hydrogen) atoms. The molecule has 0 spiro atoms. The summed E-state index contributed by atoms with van der Waals surface area (Å²) in [7, 11) is 0. The van der Waals surface area contributed by atoms with Crippen LogP contribution in [0.25, 0.3) is 10.9 Å². The number of H-pyrrole nitrogens is 1. The summed E-state index contributed by atoms with van der Waals surface area (Å²) in [6.45, 7) is 2.38. The summed E-state index contributed by atoms with van der Waals surface area (Å²) < 4.78 is 14.1. The van der Waals surface area contributed by atoms with Crippen LogP contribution in [0.4, 0.5) is 9.18 Å². The minimum absolute atomic E-state index is 0.00373. The summed E-state index contributed by atoms with van der Waals surface area (Å²) in [4.78, 5) is 32.7. The van der Waals surface area contributed by atoms with Crippen LogP contribution in [0.15, 0.2) is 36.4 Å². The Morgan fingerprint density at radius 2 is 2.06 bits per heavy atom. The minimum Gasteiger partial charge on any atom is -0.508 e. The second-order valence-corrected chi connectivity index (χ2v) is 8.49. The highest BCUT2D eigenvalue weighted by molar-refractivity contribution is 6.31. The number of hydrogen-bond acceptors (Lipinski definition) is 3. The minimum atomic E-state index is -0.660. The number of fused-ring (bicyclic) bond motifs is 4. The highest BCUT2D eigenvalue weighted by atomic mass is 35.5. The van der Waals surface area contributed by atoms with E-state index in [1.165, 1.54) is 11.0 Å². The number of aromatic amines is 1. The Labute approximate surface area is 183 Å². The molecule has 3 amide bonds. The van der Waals surface area contributed by atoms with Gasteiger partial charge in [-0.15, -0.1) is 0 Å². The summed E-state index contributed by atoms with van der Waals surface area (Å²) in [6, 6.07) is 7.92. The molecule has 5 rings (SSSR count). The fraction of sp³-hybridized carbons (Fsp3) is 0.304. The second kappa shape index (κ2) is 7.27. The summed E-state index contributed by atoms with van der Waals surface area (Å²) in [6.07, 6.45) is 1.92. The molecule has 1 fully saturated rings. The predicted molar refractivity (Wildman–Crippen MR) is 115 cm³/mol. The van der Waals surface area contributed by atoms with Gasteiger partial charge in [-0.1, -0.05) is 37.1 Å². The van der Waals surface area contributed by atoms with E-state index >= 15 is 0 Å². The fourth-order valence-electron chi connectivity index (χ4n) is 4.74. The molecule has 2 aliphatic rings. The lowest BCUT2D eigenvalue weighted by atomic mass is 9.89. The molecule has 2 atom stereocenters. The molecule has 6 nitrogen and oxygen atoms in total. The smallest absolute Gasteiger partial charge is 0.328 e. The number of nitrogens with one attached hydrogen (secondary N) is 1. The molecule has 0 bridgehead atoms. The van der Waals surface area contributed by atoms with Gasteiger partial charge in [-0.2, -0.15) is 0 Å². The van der Waals surface area contributed by atoms with Gasteiger partial charge in [-0.3, -0.25) is 14.6 Å². The highest BCUT2D eigenvalue weighted by Gasteiger charge is 2.52. The number of benzene rings is 2. The van der Waals surface area contributed by atoms with Crippen molar-refractivity contribution in [1.82, 2.24) is 14.8 Å². The van der Waals surface area contributed by atoms with Gasteiger partial charge < -0.3 is 10.1 Å². The van der Waals surface area contributed by atoms with Gasteiger partial charge in [0.1, 0.15) is 23.7 Å². The number of rotatable bonds is 4. The number of carbonyl (C=O) groups excluding carboxylic acids is 2. The summed E-state index contributed by atoms with van der Waals surface area (Å²) in [5.74, 6) is -0.705. The zero-order chi connectivity index (χ0) is 21.9. The Kier molecular flexibility index (Phi) is 4.66. The van der Waals surface area contributed by atoms with E-state index in [0.29, 0.717) is 29.7 Å². The van der Waals surface area contributed by atoms with Crippen LogP contribution in [0.5, 0.6) is 5.75 Å². The second-order valence-electron chi connectivity index (χ2n) is 8.08. The number of amides is 3. The van der Waals surface area contributed by atoms with Gasteiger partial charge in [-0.25, -0.2) is 9.18 Å². The number of hydrogen-bond donors (Lipinski definition) is 2. The highest BCUT2D eigenvalue weighted by Crippen LogP contribution is 2.45. The van der Waals surface area contributed by atoms with Gasteiger partial charge in [-0.05, 0) is 41.8 Å². The Morgan fingerprint density at radius 3 is 2.81 bits per heavy atom. The van der Waals surface area contributed by atoms with Crippen molar-refractivity contribution < 1.29 is 19.1 Å². The maximum atomic E-state index is 14.1. The van der Waals surface area contributed by atoms with E-state index in [1.54, 1.807) is 29.2 Å². The number of halogens is 2. The number of carbonyl (C=O) groups is 2. The van der Waals surface area contributed by atoms with Crippen molar-refractivity contribution in [3.05, 3.63) is 64.1 Å². The summed E-state index contributed by atoms with van der Waals surface area (Å²) >= 11 is 6.04. The predicted octanol–water partition coefficient (Wildman–Crippen LogP) is 4.74. The molecule has 1 unspecified atom stereocenters. The maximum Gasteiger partial charge on any atom is 0.328 e. The van der Waals surface area contributed by atoms with E-state index in [4.69, 9.17) is 11.6 Å². The molecule has 2 aliphatic heterocycles. The lowest BCUT2D eigenvalue weighted by Crippen LogP contribution is -2.44. The number of urea groups is 1. The molecule has 8 heteroatoms. The number of aromatic nitrogens is 1. The molecule has 2 aromatic carbocycles. The van der Waals surface area contributed by atoms with Crippen LogP contribution in [0.1, 0.15) is 42.6 Å². The van der Waals surface area contributed by atoms with E-state index in [9.17, 15) is 19.1 Å². The number of aromatic hydroxyl groups is 1. The van der Waals surface area contributed by atoms with E-state index in [1.807, 2.05) is 13.0 Å². The fourth-order valence-corrected chi connectivity index (χ4v) is 4.90. The normalized spacial score (nSPS) is 20.5. The molecule has 0 radical (unpaired) electrons. The number of phenolic OH excluding ortho intramolecular Hbond substituents is 1. The quantitative estimate of drug-likeness (QED) is 0.574. The first-order valence-electron chi connectivity index (χ1n) is 10.3. The molecule has 2 N–H and O–H groups in total. The Bertz CT molecular complexity index is 1220. The Morgan fingerprint density at radius 1 is 1.26 bits per heavy atom. The first-order valence-corrected chi connectivity index (χ1v) is 10.7. The van der Waals surface area contributed by atoms with Crippen molar-refractivity contribution in [2.75, 3.05) is 6.54 Å². The van der Waals surface area contributed by atoms with Crippen LogP contribution >= 0.6 is 11.6 Å². The van der Waals surface area contributed by atoms with Crippen molar-refractivity contribution in [3.8, 4) is 5.75 Å². The third-order valence-electron chi connectivity index (χ3n) is 6.19. The van der Waals surface area contributed by atoms with E-state index in [0.717, 1.165) is 23.8 Å². The van der Waals surface area contributed by atoms with Crippen molar-refractivity contribution in [2.24, 2.45) is 0 Å². The van der Waals surface area contributed by atoms with E-state index in [-0.39, 0.29) is 22.7 Å². The number of phenols is 1. The van der Waals surface area contributed by atoms with Crippen LogP contribution in [-0.2, 0) is 11.2 Å². The monoisotopic (exact) mass is 441 g/mol. The topological polar surface area (TPSA) is 76.6 Å². The number of imide groups is 1. The molecule has 0 saturated carbocycles. The standard InChI is InChI=1S/C23H21ClFN3O3/c1-2-3-7-27-22(30)19-10-15-14-9-16(24)17(25)11-18(14)26-20(15)21(28(19)23(27)31)12-5-4-6-13(29)8-12/h4-6,8-9,11,19,21,26,29H,2-3,7,10H2,1H3/t19-,21?/m0/s1. The summed E-state index contributed by atoms with van der Waals surface area (Å²) in [5, 5.41) is 10.8. The van der Waals surface area contributed by atoms with Crippen molar-refractivity contribution in [1.29, 1.82) is 0 Å². The van der Waals surface area contributed by atoms with Crippen LogP contribution in [-0.4, -0.2) is 44.4 Å². The van der Waals surface area contributed by atoms with Gasteiger partial charge in [0.05, 0.1) is 5.02 Å². The van der Waals surface area contributed by atoms with Crippen molar-refractivity contribution >= 4 is 34.4 Å². The maximum absolute atomic E-state index is 14.1. The molecule has 0 aliphatic carbocycles. The van der Waals surface area contributed by atoms with E-state index < -0.39 is 17.9 Å². The average molecular weight is 442 g/mol. The molecular formula is C23H21ClFN3O3. The Hall–Kier alpha value is -3.06. The summed E-state index contributed by atoms with van der Waals surface area (Å²) in [5.41, 5.74) is 2.77. The molecular weight excluding hydrogens is 421 g/mol. The third kappa shape index (κ3) is 2.98. The van der Waals surface area contributed by atoms with Gasteiger partial charge in [0, 0.05) is 29.6 Å². The average Bonchev–Trinajstić information content (AvgIpc) is 3.20. The largest absolute Gasteiger partial charge is 0.508 e. The van der Waals surface area contributed by atoms with Gasteiger partial charge >= 0.3 is 6.03 Å². The third-order valence-corrected chi connectivity index (χ3v) is 6.48. The number of unbranched alkanes of at least 4 members (excludes halogenated alkanes) is 1. The zero-order valence-electron chi connectivity index (χ0n) is 16.9. The van der Waals surface area contributed by atoms with E-state index in [2.05, 4.69) is 4.98 Å². The van der Waals surface area contributed by atoms with Crippen molar-refractivity contribution in [3.63, 3.8) is 0 Å². The molecule has 1 saturated heterocycles. The molecule has 1 aromatic heterocycles. The first-order chi connectivity index (χ1) is 14.9. The lowest BCUT2D eigenvalue weighted by Gasteiger charge is -2.36. The molecule has 3 heterocycles. The van der Waals surface area contributed by atoms with Gasteiger partial charge in [0.25, 0.3) is 5.91 Å². The van der Waals surface area contributed by atoms with Crippen LogP contribution in [0.2, 0.25) is 5.02 Å². The van der Waals surface area contributed by atoms with Crippen LogP contribution < -0.4 is 0 Å².